The van der Waals surface area contributed by atoms with E-state index in [-0.39, 0.29) is 5.78 Å². The number of likely N-dealkylation sites (tertiary alicyclic amines) is 1. The smallest absolute Gasteiger partial charge is 0.410 e. The second kappa shape index (κ2) is 7.27. The van der Waals surface area contributed by atoms with Gasteiger partial charge in [-0.2, -0.15) is 0 Å². The van der Waals surface area contributed by atoms with Crippen molar-refractivity contribution in [1.82, 2.24) is 4.90 Å². The minimum atomic E-state index is -0.586. The van der Waals surface area contributed by atoms with Crippen molar-refractivity contribution in [1.29, 1.82) is 0 Å². The zero-order valence-electron chi connectivity index (χ0n) is 14.5. The molecule has 1 aromatic rings. The number of carbonyl (C=O) groups is 2. The third-order valence-electron chi connectivity index (χ3n) is 3.77. The molecule has 1 atom stereocenters. The summed E-state index contributed by atoms with van der Waals surface area (Å²) in [4.78, 5) is 26.2. The lowest BCUT2D eigenvalue weighted by Crippen LogP contribution is -2.43. The number of benzene rings is 1. The van der Waals surface area contributed by atoms with Crippen LogP contribution in [0.15, 0.2) is 18.2 Å². The van der Waals surface area contributed by atoms with Gasteiger partial charge in [0.2, 0.25) is 5.78 Å². The fraction of sp³-hybridized carbons (Fsp3) is 0.474. The Morgan fingerprint density at radius 1 is 1.33 bits per heavy atom. The summed E-state index contributed by atoms with van der Waals surface area (Å²) in [6.45, 7) is 7.79. The molecule has 0 saturated carbocycles. The van der Waals surface area contributed by atoms with Crippen molar-refractivity contribution in [3.63, 3.8) is 0 Å². The largest absolute Gasteiger partial charge is 0.444 e. The first kappa shape index (κ1) is 18.4. The molecule has 0 unspecified atom stereocenters. The Hall–Kier alpha value is -1.99. The summed E-state index contributed by atoms with van der Waals surface area (Å²) in [5.41, 5.74) is 0.976. The fourth-order valence-corrected chi connectivity index (χ4v) is 2.71. The molecule has 24 heavy (non-hydrogen) atoms. The fourth-order valence-electron chi connectivity index (χ4n) is 2.53. The van der Waals surface area contributed by atoms with Crippen LogP contribution >= 0.6 is 11.6 Å². The van der Waals surface area contributed by atoms with Crippen LogP contribution in [0.1, 0.15) is 44.7 Å². The molecule has 0 spiro atoms. The van der Waals surface area contributed by atoms with Gasteiger partial charge < -0.3 is 4.74 Å². The van der Waals surface area contributed by atoms with E-state index in [9.17, 15) is 9.59 Å². The van der Waals surface area contributed by atoms with E-state index >= 15 is 0 Å². The van der Waals surface area contributed by atoms with Crippen molar-refractivity contribution in [2.24, 2.45) is 0 Å². The Morgan fingerprint density at radius 3 is 2.71 bits per heavy atom. The Labute approximate surface area is 148 Å². The number of amides is 1. The molecule has 5 heteroatoms. The van der Waals surface area contributed by atoms with Crippen LogP contribution in [-0.2, 0) is 9.53 Å². The monoisotopic (exact) mass is 347 g/mol. The Kier molecular flexibility index (Phi) is 5.56. The lowest BCUT2D eigenvalue weighted by molar-refractivity contribution is -0.117. The van der Waals surface area contributed by atoms with E-state index in [4.69, 9.17) is 16.3 Å². The molecule has 1 aromatic carbocycles. The molecule has 1 saturated heterocycles. The minimum absolute atomic E-state index is 0.266. The second-order valence-corrected chi connectivity index (χ2v) is 7.27. The molecule has 0 bridgehead atoms. The lowest BCUT2D eigenvalue weighted by Gasteiger charge is -2.27. The number of nitrogens with zero attached hydrogens (tertiary/aromatic N) is 1. The summed E-state index contributed by atoms with van der Waals surface area (Å²) >= 11 is 6.06. The molecule has 0 N–H and O–H groups in total. The first-order valence-corrected chi connectivity index (χ1v) is 8.37. The predicted octanol–water partition coefficient (Wildman–Crippen LogP) is 3.97. The van der Waals surface area contributed by atoms with Gasteiger partial charge >= 0.3 is 6.09 Å². The van der Waals surface area contributed by atoms with E-state index in [1.165, 1.54) is 4.90 Å². The molecule has 0 radical (unpaired) electrons. The van der Waals surface area contributed by atoms with E-state index in [0.717, 1.165) is 17.5 Å². The number of hydrogen-bond donors (Lipinski definition) is 0. The molecule has 0 aromatic heterocycles. The average molecular weight is 348 g/mol. The van der Waals surface area contributed by atoms with Gasteiger partial charge in [0, 0.05) is 17.1 Å². The Morgan fingerprint density at radius 2 is 2.04 bits per heavy atom. The summed E-state index contributed by atoms with van der Waals surface area (Å²) in [6, 6.07) is 4.87. The van der Waals surface area contributed by atoms with Crippen LogP contribution in [0.3, 0.4) is 0 Å². The number of Topliss-reactive ketones (excluding diaryl/α,β-unsaturated/α-hetero) is 1. The van der Waals surface area contributed by atoms with Crippen LogP contribution in [0.5, 0.6) is 0 Å². The topological polar surface area (TPSA) is 46.6 Å². The molecule has 1 aliphatic rings. The first-order valence-electron chi connectivity index (χ1n) is 7.99. The van der Waals surface area contributed by atoms with Crippen molar-refractivity contribution >= 4 is 23.5 Å². The third kappa shape index (κ3) is 4.52. The summed E-state index contributed by atoms with van der Waals surface area (Å²) in [6.07, 6.45) is 0.925. The maximum absolute atomic E-state index is 12.4. The maximum Gasteiger partial charge on any atom is 0.410 e. The SMILES string of the molecule is Cc1c(Cl)cccc1C#CC(=O)[C@@H]1CCCN1C(=O)OC(C)(C)C. The van der Waals surface area contributed by atoms with Crippen molar-refractivity contribution in [2.75, 3.05) is 6.54 Å². The van der Waals surface area contributed by atoms with E-state index in [2.05, 4.69) is 11.8 Å². The van der Waals surface area contributed by atoms with Gasteiger partial charge in [-0.15, -0.1) is 0 Å². The molecule has 1 heterocycles. The van der Waals surface area contributed by atoms with Gasteiger partial charge in [-0.1, -0.05) is 23.6 Å². The van der Waals surface area contributed by atoms with Gasteiger partial charge in [-0.25, -0.2) is 4.79 Å². The zero-order valence-corrected chi connectivity index (χ0v) is 15.2. The molecule has 1 aliphatic heterocycles. The quantitative estimate of drug-likeness (QED) is 0.722. The van der Waals surface area contributed by atoms with Crippen LogP contribution in [0.25, 0.3) is 0 Å². The Balaban J connectivity index is 2.13. The minimum Gasteiger partial charge on any atom is -0.444 e. The van der Waals surface area contributed by atoms with Crippen LogP contribution in [0.2, 0.25) is 5.02 Å². The number of halogens is 1. The van der Waals surface area contributed by atoms with Crippen molar-refractivity contribution in [3.05, 3.63) is 34.3 Å². The summed E-state index contributed by atoms with van der Waals surface area (Å²) < 4.78 is 5.37. The van der Waals surface area contributed by atoms with Gasteiger partial charge in [-0.3, -0.25) is 9.69 Å². The zero-order chi connectivity index (χ0) is 17.9. The highest BCUT2D eigenvalue weighted by molar-refractivity contribution is 6.31. The Bertz CT molecular complexity index is 710. The lowest BCUT2D eigenvalue weighted by atomic mass is 10.1. The van der Waals surface area contributed by atoms with Gasteiger partial charge in [0.1, 0.15) is 11.6 Å². The van der Waals surface area contributed by atoms with Crippen LogP contribution in [0, 0.1) is 18.8 Å². The normalized spacial score (nSPS) is 17.2. The van der Waals surface area contributed by atoms with Gasteiger partial charge in [0.05, 0.1) is 0 Å². The van der Waals surface area contributed by atoms with E-state index in [1.54, 1.807) is 32.9 Å². The number of carbonyl (C=O) groups excluding carboxylic acids is 2. The van der Waals surface area contributed by atoms with Crippen LogP contribution < -0.4 is 0 Å². The molecule has 0 aliphatic carbocycles. The molecule has 1 amide bonds. The molecular formula is C19H22ClNO3. The van der Waals surface area contributed by atoms with Gasteiger partial charge in [0.25, 0.3) is 0 Å². The highest BCUT2D eigenvalue weighted by Crippen LogP contribution is 2.22. The first-order chi connectivity index (χ1) is 11.2. The predicted molar refractivity (Wildman–Crippen MR) is 94.0 cm³/mol. The molecule has 128 valence electrons. The standard InChI is InChI=1S/C19H22ClNO3/c1-13-14(7-5-8-15(13)20)10-11-17(22)16-9-6-12-21(16)18(23)24-19(2,3)4/h5,7-8,16H,6,9,12H2,1-4H3/t16-/m0/s1. The van der Waals surface area contributed by atoms with E-state index < -0.39 is 17.7 Å². The van der Waals surface area contributed by atoms with Crippen molar-refractivity contribution in [3.8, 4) is 11.8 Å². The van der Waals surface area contributed by atoms with Gasteiger partial charge in [0.15, 0.2) is 0 Å². The number of ketones is 1. The highest BCUT2D eigenvalue weighted by atomic mass is 35.5. The summed E-state index contributed by atoms with van der Waals surface area (Å²) in [5, 5.41) is 0.616. The molecule has 4 nitrogen and oxygen atoms in total. The van der Waals surface area contributed by atoms with E-state index in [1.807, 2.05) is 13.0 Å². The second-order valence-electron chi connectivity index (χ2n) is 6.86. The number of hydrogen-bond acceptors (Lipinski definition) is 3. The van der Waals surface area contributed by atoms with Crippen LogP contribution in [-0.4, -0.2) is 35.0 Å². The van der Waals surface area contributed by atoms with Crippen molar-refractivity contribution < 1.29 is 14.3 Å². The van der Waals surface area contributed by atoms with Crippen LogP contribution in [0.4, 0.5) is 4.79 Å². The number of rotatable bonds is 1. The summed E-state index contributed by atoms with van der Waals surface area (Å²) in [5.74, 6) is 5.27. The average Bonchev–Trinajstić information content (AvgIpc) is 2.96. The maximum atomic E-state index is 12.4. The number of ether oxygens (including phenoxy) is 1. The highest BCUT2D eigenvalue weighted by Gasteiger charge is 2.35. The molecule has 2 rings (SSSR count). The van der Waals surface area contributed by atoms with E-state index in [0.29, 0.717) is 18.0 Å². The molecular weight excluding hydrogens is 326 g/mol. The molecule has 1 fully saturated rings. The van der Waals surface area contributed by atoms with Gasteiger partial charge in [-0.05, 0) is 64.2 Å². The van der Waals surface area contributed by atoms with Crippen molar-refractivity contribution in [2.45, 2.75) is 52.2 Å². The summed E-state index contributed by atoms with van der Waals surface area (Å²) in [7, 11) is 0. The third-order valence-corrected chi connectivity index (χ3v) is 4.18.